The van der Waals surface area contributed by atoms with Gasteiger partial charge in [-0.1, -0.05) is 41.9 Å². The quantitative estimate of drug-likeness (QED) is 0.130. The summed E-state index contributed by atoms with van der Waals surface area (Å²) >= 11 is 12.1. The van der Waals surface area contributed by atoms with Crippen LogP contribution < -0.4 is 4.74 Å². The summed E-state index contributed by atoms with van der Waals surface area (Å²) in [4.78, 5) is 8.33. The SMILES string of the molecule is N#C/C(=C\c1cc(I)c(OCc2ccccc2Cl)c(I)c1)Sc1nc2ccccc2[nH]1. The van der Waals surface area contributed by atoms with Crippen LogP contribution >= 0.6 is 68.5 Å². The fourth-order valence-corrected chi connectivity index (χ4v) is 5.96. The molecule has 8 heteroatoms. The standard InChI is InChI=1S/C23H14ClI2N3OS/c24-17-6-2-1-5-15(17)13-30-22-18(25)10-14(11-19(22)26)9-16(12-27)31-23-28-20-7-3-4-8-21(20)29-23/h1-11H,13H2,(H,28,29)/b16-9+. The molecule has 0 amide bonds. The van der Waals surface area contributed by atoms with Crippen LogP contribution in [0.25, 0.3) is 17.1 Å². The summed E-state index contributed by atoms with van der Waals surface area (Å²) in [6, 6.07) is 21.7. The van der Waals surface area contributed by atoms with E-state index in [-0.39, 0.29) is 0 Å². The molecule has 0 aliphatic rings. The summed E-state index contributed by atoms with van der Waals surface area (Å²) in [6.45, 7) is 0.395. The monoisotopic (exact) mass is 669 g/mol. The van der Waals surface area contributed by atoms with Crippen molar-refractivity contribution < 1.29 is 4.74 Å². The molecule has 154 valence electrons. The number of para-hydroxylation sites is 2. The first kappa shape index (κ1) is 22.5. The van der Waals surface area contributed by atoms with Gasteiger partial charge in [0.15, 0.2) is 5.16 Å². The lowest BCUT2D eigenvalue weighted by atomic mass is 10.2. The summed E-state index contributed by atoms with van der Waals surface area (Å²) in [5.41, 5.74) is 3.70. The second-order valence-electron chi connectivity index (χ2n) is 6.48. The molecular formula is C23H14ClI2N3OS. The van der Waals surface area contributed by atoms with Gasteiger partial charge in [0.1, 0.15) is 18.4 Å². The number of allylic oxidation sites excluding steroid dienone is 1. The van der Waals surface area contributed by atoms with Crippen molar-refractivity contribution in [3.05, 3.63) is 88.9 Å². The second-order valence-corrected chi connectivity index (χ2v) is 10.2. The molecule has 4 rings (SSSR count). The first-order valence-electron chi connectivity index (χ1n) is 9.13. The minimum Gasteiger partial charge on any atom is -0.487 e. The molecule has 0 saturated carbocycles. The highest BCUT2D eigenvalue weighted by molar-refractivity contribution is 14.1. The molecule has 0 radical (unpaired) electrons. The smallest absolute Gasteiger partial charge is 0.171 e. The number of thioether (sulfide) groups is 1. The van der Waals surface area contributed by atoms with Crippen LogP contribution in [0.4, 0.5) is 0 Å². The highest BCUT2D eigenvalue weighted by atomic mass is 127. The number of fused-ring (bicyclic) bond motifs is 1. The van der Waals surface area contributed by atoms with Gasteiger partial charge in [-0.25, -0.2) is 4.98 Å². The van der Waals surface area contributed by atoms with Crippen LogP contribution in [-0.2, 0) is 6.61 Å². The van der Waals surface area contributed by atoms with Crippen molar-refractivity contribution in [3.63, 3.8) is 0 Å². The predicted molar refractivity (Wildman–Crippen MR) is 143 cm³/mol. The largest absolute Gasteiger partial charge is 0.487 e. The molecule has 1 heterocycles. The normalized spacial score (nSPS) is 11.5. The Morgan fingerprint density at radius 1 is 1.13 bits per heavy atom. The zero-order chi connectivity index (χ0) is 21.8. The third-order valence-electron chi connectivity index (χ3n) is 4.33. The molecule has 0 bridgehead atoms. The zero-order valence-corrected chi connectivity index (χ0v) is 21.8. The molecule has 4 aromatic rings. The molecule has 0 unspecified atom stereocenters. The van der Waals surface area contributed by atoms with E-state index in [1.165, 1.54) is 11.8 Å². The number of ether oxygens (including phenoxy) is 1. The van der Waals surface area contributed by atoms with E-state index >= 15 is 0 Å². The Morgan fingerprint density at radius 3 is 2.55 bits per heavy atom. The summed E-state index contributed by atoms with van der Waals surface area (Å²) in [5.74, 6) is 0.807. The van der Waals surface area contributed by atoms with Crippen LogP contribution in [0.15, 0.2) is 70.7 Å². The average Bonchev–Trinajstić information content (AvgIpc) is 3.16. The number of hydrogen-bond donors (Lipinski definition) is 1. The minimum absolute atomic E-state index is 0.395. The third-order valence-corrected chi connectivity index (χ3v) is 7.12. The van der Waals surface area contributed by atoms with Gasteiger partial charge in [0.2, 0.25) is 0 Å². The summed E-state index contributed by atoms with van der Waals surface area (Å²) < 4.78 is 7.98. The maximum Gasteiger partial charge on any atom is 0.171 e. The molecule has 4 nitrogen and oxygen atoms in total. The number of H-pyrrole nitrogens is 1. The number of hydrogen-bond acceptors (Lipinski definition) is 4. The van der Waals surface area contributed by atoms with E-state index in [2.05, 4.69) is 61.2 Å². The molecular weight excluding hydrogens is 656 g/mol. The number of nitrogens with one attached hydrogen (secondary N) is 1. The van der Waals surface area contributed by atoms with Crippen LogP contribution in [0.1, 0.15) is 11.1 Å². The van der Waals surface area contributed by atoms with E-state index < -0.39 is 0 Å². The predicted octanol–water partition coefficient (Wildman–Crippen LogP) is 7.66. The van der Waals surface area contributed by atoms with E-state index in [0.717, 1.165) is 35.1 Å². The minimum atomic E-state index is 0.395. The molecule has 0 saturated heterocycles. The van der Waals surface area contributed by atoms with Gasteiger partial charge in [-0.15, -0.1) is 0 Å². The van der Waals surface area contributed by atoms with E-state index in [1.54, 1.807) is 0 Å². The highest BCUT2D eigenvalue weighted by Gasteiger charge is 2.11. The van der Waals surface area contributed by atoms with Crippen molar-refractivity contribution in [1.82, 2.24) is 9.97 Å². The van der Waals surface area contributed by atoms with Crippen molar-refractivity contribution in [1.29, 1.82) is 5.26 Å². The van der Waals surface area contributed by atoms with Gasteiger partial charge in [-0.3, -0.25) is 0 Å². The van der Waals surface area contributed by atoms with Crippen LogP contribution in [0.5, 0.6) is 5.75 Å². The van der Waals surface area contributed by atoms with Gasteiger partial charge < -0.3 is 9.72 Å². The maximum absolute atomic E-state index is 9.63. The van der Waals surface area contributed by atoms with Crippen molar-refractivity contribution in [2.24, 2.45) is 0 Å². The van der Waals surface area contributed by atoms with E-state index in [0.29, 0.717) is 21.7 Å². The summed E-state index contributed by atoms with van der Waals surface area (Å²) in [7, 11) is 0. The molecule has 1 aromatic heterocycles. The molecule has 1 N–H and O–H groups in total. The van der Waals surface area contributed by atoms with Gasteiger partial charge in [0.05, 0.1) is 23.1 Å². The topological polar surface area (TPSA) is 61.7 Å². The molecule has 0 atom stereocenters. The lowest BCUT2D eigenvalue weighted by Gasteiger charge is -2.12. The Kier molecular flexibility index (Phi) is 7.43. The number of nitrogens with zero attached hydrogens (tertiary/aromatic N) is 2. The van der Waals surface area contributed by atoms with E-state index in [4.69, 9.17) is 16.3 Å². The van der Waals surface area contributed by atoms with E-state index in [9.17, 15) is 5.26 Å². The van der Waals surface area contributed by atoms with Gasteiger partial charge in [0, 0.05) is 10.6 Å². The third kappa shape index (κ3) is 5.55. The number of benzene rings is 3. The first-order valence-corrected chi connectivity index (χ1v) is 12.5. The van der Waals surface area contributed by atoms with Crippen LogP contribution in [0.3, 0.4) is 0 Å². The molecule has 0 aliphatic heterocycles. The van der Waals surface area contributed by atoms with Crippen LogP contribution in [0, 0.1) is 18.5 Å². The highest BCUT2D eigenvalue weighted by Crippen LogP contribution is 2.33. The second kappa shape index (κ2) is 10.3. The number of imidazole rings is 1. The maximum atomic E-state index is 9.63. The van der Waals surface area contributed by atoms with Gasteiger partial charge in [0.25, 0.3) is 0 Å². The van der Waals surface area contributed by atoms with Crippen molar-refractivity contribution in [3.8, 4) is 11.8 Å². The van der Waals surface area contributed by atoms with E-state index in [1.807, 2.05) is 66.7 Å². The fraction of sp³-hybridized carbons (Fsp3) is 0.0435. The Balaban J connectivity index is 1.53. The average molecular weight is 670 g/mol. The van der Waals surface area contributed by atoms with Gasteiger partial charge in [-0.2, -0.15) is 5.26 Å². The Labute approximate surface area is 216 Å². The van der Waals surface area contributed by atoms with Crippen molar-refractivity contribution in [2.45, 2.75) is 11.8 Å². The number of nitriles is 1. The number of halogens is 3. The number of aromatic amines is 1. The Hall–Kier alpha value is -1.74. The molecule has 0 spiro atoms. The van der Waals surface area contributed by atoms with Crippen LogP contribution in [0.2, 0.25) is 5.02 Å². The van der Waals surface area contributed by atoms with Crippen molar-refractivity contribution >= 4 is 85.7 Å². The molecule has 3 aromatic carbocycles. The molecule has 31 heavy (non-hydrogen) atoms. The number of rotatable bonds is 6. The molecule has 0 aliphatic carbocycles. The number of aromatic nitrogens is 2. The zero-order valence-electron chi connectivity index (χ0n) is 15.9. The van der Waals surface area contributed by atoms with Crippen LogP contribution in [-0.4, -0.2) is 9.97 Å². The lowest BCUT2D eigenvalue weighted by molar-refractivity contribution is 0.302. The lowest BCUT2D eigenvalue weighted by Crippen LogP contribution is -2.00. The summed E-state index contributed by atoms with van der Waals surface area (Å²) in [5, 5.41) is 11.0. The Morgan fingerprint density at radius 2 is 1.84 bits per heavy atom. The van der Waals surface area contributed by atoms with Gasteiger partial charge in [-0.05, 0) is 98.9 Å². The summed E-state index contributed by atoms with van der Waals surface area (Å²) in [6.07, 6.45) is 1.86. The van der Waals surface area contributed by atoms with Crippen molar-refractivity contribution in [2.75, 3.05) is 0 Å². The fourth-order valence-electron chi connectivity index (χ4n) is 2.88. The first-order chi connectivity index (χ1) is 15.0. The molecule has 0 fully saturated rings. The Bertz CT molecular complexity index is 1270. The van der Waals surface area contributed by atoms with Gasteiger partial charge >= 0.3 is 0 Å².